The van der Waals surface area contributed by atoms with E-state index in [1.54, 1.807) is 0 Å². The molecule has 1 fully saturated rings. The summed E-state index contributed by atoms with van der Waals surface area (Å²) in [6, 6.07) is 3.84. The van der Waals surface area contributed by atoms with Crippen LogP contribution < -0.4 is 4.90 Å². The maximum absolute atomic E-state index is 12.4. The van der Waals surface area contributed by atoms with E-state index in [4.69, 9.17) is 0 Å². The molecule has 0 amide bonds. The lowest BCUT2D eigenvalue weighted by Gasteiger charge is -2.42. The second-order valence-corrected chi connectivity index (χ2v) is 6.31. The van der Waals surface area contributed by atoms with E-state index in [0.29, 0.717) is 25.2 Å². The molecule has 3 nitrogen and oxygen atoms in total. The summed E-state index contributed by atoms with van der Waals surface area (Å²) in [7, 11) is 0. The Labute approximate surface area is 135 Å². The lowest BCUT2D eigenvalue weighted by Crippen LogP contribution is -2.52. The van der Waals surface area contributed by atoms with Crippen molar-refractivity contribution in [2.45, 2.75) is 39.4 Å². The van der Waals surface area contributed by atoms with Crippen LogP contribution in [0, 0.1) is 13.8 Å². The molecule has 1 atom stereocenters. The van der Waals surface area contributed by atoms with Crippen molar-refractivity contribution in [3.63, 3.8) is 0 Å². The molecular weight excluding hydrogens is 305 g/mol. The highest BCUT2D eigenvalue weighted by molar-refractivity contribution is 5.79. The van der Waals surface area contributed by atoms with Gasteiger partial charge in [-0.15, -0.1) is 0 Å². The van der Waals surface area contributed by atoms with Gasteiger partial charge >= 0.3 is 6.18 Å². The zero-order chi connectivity index (χ0) is 17.2. The van der Waals surface area contributed by atoms with Gasteiger partial charge < -0.3 is 4.90 Å². The van der Waals surface area contributed by atoms with Gasteiger partial charge in [-0.1, -0.05) is 0 Å². The number of nitrogens with zero attached hydrogens (tertiary/aromatic N) is 2. The molecule has 0 aliphatic carbocycles. The second kappa shape index (κ2) is 6.91. The van der Waals surface area contributed by atoms with E-state index in [0.717, 1.165) is 23.1 Å². The predicted octanol–water partition coefficient (Wildman–Crippen LogP) is 3.58. The Morgan fingerprint density at radius 1 is 1.26 bits per heavy atom. The molecule has 1 saturated heterocycles. The van der Waals surface area contributed by atoms with Gasteiger partial charge in [0.25, 0.3) is 0 Å². The van der Waals surface area contributed by atoms with Crippen LogP contribution in [0.2, 0.25) is 0 Å². The van der Waals surface area contributed by atoms with Crippen molar-refractivity contribution in [3.8, 4) is 0 Å². The van der Waals surface area contributed by atoms with E-state index in [1.165, 1.54) is 0 Å². The first-order chi connectivity index (χ1) is 10.7. The first-order valence-corrected chi connectivity index (χ1v) is 7.83. The van der Waals surface area contributed by atoms with Gasteiger partial charge in [-0.05, 0) is 44.0 Å². The number of benzene rings is 1. The zero-order valence-corrected chi connectivity index (χ0v) is 13.8. The predicted molar refractivity (Wildman–Crippen MR) is 85.2 cm³/mol. The topological polar surface area (TPSA) is 23.6 Å². The number of anilines is 1. The number of alkyl halides is 3. The minimum absolute atomic E-state index is 0.0497. The molecular formula is C17H23F3N2O. The van der Waals surface area contributed by atoms with E-state index in [2.05, 4.69) is 4.90 Å². The molecule has 1 aromatic carbocycles. The van der Waals surface area contributed by atoms with Crippen LogP contribution in [0.3, 0.4) is 0 Å². The lowest BCUT2D eigenvalue weighted by molar-refractivity contribution is -0.138. The molecule has 0 N–H and O–H groups in total. The molecule has 0 spiro atoms. The first kappa shape index (κ1) is 17.8. The molecule has 0 saturated carbocycles. The Morgan fingerprint density at radius 2 is 1.96 bits per heavy atom. The Bertz CT molecular complexity index is 572. The standard InChI is InChI=1S/C17H23F3N2O/c1-12-8-15(11-23)9-16(14(12)3)22-7-6-21(10-13(22)2)5-4-17(18,19)20/h8-9,11,13H,4-7,10H2,1-3H3/t13-/m1/s1. The third kappa shape index (κ3) is 4.47. The summed E-state index contributed by atoms with van der Waals surface area (Å²) in [4.78, 5) is 15.1. The van der Waals surface area contributed by atoms with Crippen molar-refractivity contribution in [3.05, 3.63) is 28.8 Å². The molecule has 0 unspecified atom stereocenters. The van der Waals surface area contributed by atoms with E-state index in [1.807, 2.05) is 37.8 Å². The maximum atomic E-state index is 12.4. The van der Waals surface area contributed by atoms with Gasteiger partial charge in [-0.3, -0.25) is 9.69 Å². The average molecular weight is 328 g/mol. The summed E-state index contributed by atoms with van der Waals surface area (Å²) < 4.78 is 37.1. The van der Waals surface area contributed by atoms with Crippen LogP contribution in [0.15, 0.2) is 12.1 Å². The number of carbonyl (C=O) groups excluding carboxylic acids is 1. The minimum atomic E-state index is -4.10. The Kier molecular flexibility index (Phi) is 5.34. The highest BCUT2D eigenvalue weighted by Gasteiger charge is 2.30. The number of rotatable bonds is 4. The van der Waals surface area contributed by atoms with E-state index < -0.39 is 12.6 Å². The van der Waals surface area contributed by atoms with Gasteiger partial charge in [0.15, 0.2) is 0 Å². The normalized spacial score (nSPS) is 19.9. The number of halogens is 3. The maximum Gasteiger partial charge on any atom is 0.390 e. The Morgan fingerprint density at radius 3 is 2.52 bits per heavy atom. The van der Waals surface area contributed by atoms with Gasteiger partial charge in [0, 0.05) is 43.5 Å². The SMILES string of the molecule is Cc1cc(C=O)cc(N2CCN(CCC(F)(F)F)C[C@H]2C)c1C. The van der Waals surface area contributed by atoms with E-state index >= 15 is 0 Å². The van der Waals surface area contributed by atoms with E-state index in [9.17, 15) is 18.0 Å². The molecule has 1 aliphatic rings. The van der Waals surface area contributed by atoms with Crippen molar-refractivity contribution in [1.82, 2.24) is 4.90 Å². The fraction of sp³-hybridized carbons (Fsp3) is 0.588. The van der Waals surface area contributed by atoms with Crippen LogP contribution in [-0.4, -0.2) is 49.6 Å². The molecule has 0 radical (unpaired) electrons. The number of aryl methyl sites for hydroxylation is 1. The molecule has 6 heteroatoms. The monoisotopic (exact) mass is 328 g/mol. The van der Waals surface area contributed by atoms with Crippen LogP contribution >= 0.6 is 0 Å². The second-order valence-electron chi connectivity index (χ2n) is 6.31. The lowest BCUT2D eigenvalue weighted by atomic mass is 10.0. The summed E-state index contributed by atoms with van der Waals surface area (Å²) in [5.74, 6) is 0. The molecule has 1 aliphatic heterocycles. The number of carbonyl (C=O) groups is 1. The Balaban J connectivity index is 2.09. The van der Waals surface area contributed by atoms with Crippen LogP contribution in [-0.2, 0) is 0 Å². The average Bonchev–Trinajstić information content (AvgIpc) is 2.47. The summed E-state index contributed by atoms with van der Waals surface area (Å²) in [6.07, 6.45) is -4.04. The highest BCUT2D eigenvalue weighted by Crippen LogP contribution is 2.28. The van der Waals surface area contributed by atoms with Crippen LogP contribution in [0.25, 0.3) is 0 Å². The van der Waals surface area contributed by atoms with Crippen molar-refractivity contribution in [1.29, 1.82) is 0 Å². The Hall–Kier alpha value is -1.56. The quantitative estimate of drug-likeness (QED) is 0.789. The van der Waals surface area contributed by atoms with Crippen molar-refractivity contribution in [2.24, 2.45) is 0 Å². The third-order valence-corrected chi connectivity index (χ3v) is 4.53. The smallest absolute Gasteiger partial charge is 0.366 e. The van der Waals surface area contributed by atoms with Crippen LogP contribution in [0.1, 0.15) is 34.8 Å². The fourth-order valence-electron chi connectivity index (χ4n) is 3.11. The van der Waals surface area contributed by atoms with Gasteiger partial charge in [0.05, 0.1) is 6.42 Å². The summed E-state index contributed by atoms with van der Waals surface area (Å²) >= 11 is 0. The van der Waals surface area contributed by atoms with Gasteiger partial charge in [-0.2, -0.15) is 13.2 Å². The number of aldehydes is 1. The number of piperazine rings is 1. The molecule has 0 bridgehead atoms. The number of hydrogen-bond acceptors (Lipinski definition) is 3. The first-order valence-electron chi connectivity index (χ1n) is 7.83. The molecule has 128 valence electrons. The van der Waals surface area contributed by atoms with Crippen molar-refractivity contribution < 1.29 is 18.0 Å². The van der Waals surface area contributed by atoms with E-state index in [-0.39, 0.29) is 12.6 Å². The molecule has 1 heterocycles. The summed E-state index contributed by atoms with van der Waals surface area (Å²) in [5, 5.41) is 0. The zero-order valence-electron chi connectivity index (χ0n) is 13.8. The molecule has 0 aromatic heterocycles. The van der Waals surface area contributed by atoms with Gasteiger partial charge in [-0.25, -0.2) is 0 Å². The summed E-state index contributed by atoms with van der Waals surface area (Å²) in [6.45, 7) is 7.92. The van der Waals surface area contributed by atoms with Crippen molar-refractivity contribution in [2.75, 3.05) is 31.1 Å². The molecule has 1 aromatic rings. The van der Waals surface area contributed by atoms with Gasteiger partial charge in [0.2, 0.25) is 0 Å². The molecule has 2 rings (SSSR count). The van der Waals surface area contributed by atoms with Crippen LogP contribution in [0.5, 0.6) is 0 Å². The summed E-state index contributed by atoms with van der Waals surface area (Å²) in [5.41, 5.74) is 3.81. The van der Waals surface area contributed by atoms with Gasteiger partial charge in [0.1, 0.15) is 6.29 Å². The largest absolute Gasteiger partial charge is 0.390 e. The van der Waals surface area contributed by atoms with Crippen molar-refractivity contribution >= 4 is 12.0 Å². The third-order valence-electron chi connectivity index (χ3n) is 4.53. The fourth-order valence-corrected chi connectivity index (χ4v) is 3.11. The molecule has 23 heavy (non-hydrogen) atoms. The van der Waals surface area contributed by atoms with Crippen LogP contribution in [0.4, 0.5) is 18.9 Å². The minimum Gasteiger partial charge on any atom is -0.366 e. The highest BCUT2D eigenvalue weighted by atomic mass is 19.4. The number of hydrogen-bond donors (Lipinski definition) is 0.